The molecule has 0 fully saturated rings. The summed E-state index contributed by atoms with van der Waals surface area (Å²) in [4.78, 5) is 0. The molecule has 0 aliphatic heterocycles. The Bertz CT molecular complexity index is 106. The molecule has 1 unspecified atom stereocenters. The third kappa shape index (κ3) is 5.22. The first-order valence-corrected chi connectivity index (χ1v) is 2.82. The van der Waals surface area contributed by atoms with Crippen LogP contribution in [-0.4, -0.2) is 6.43 Å². The second-order valence-corrected chi connectivity index (χ2v) is 2.09. The van der Waals surface area contributed by atoms with E-state index in [0.29, 0.717) is 0 Å². The highest BCUT2D eigenvalue weighted by molar-refractivity contribution is 4.73. The van der Waals surface area contributed by atoms with Gasteiger partial charge in [-0.2, -0.15) is 5.26 Å². The molecule has 0 aliphatic carbocycles. The molecule has 0 N–H and O–H groups in total. The van der Waals surface area contributed by atoms with E-state index < -0.39 is 6.43 Å². The maximum Gasteiger partial charge on any atom is 0.238 e. The summed E-state index contributed by atoms with van der Waals surface area (Å²) in [6.07, 6.45) is -2.20. The predicted molar refractivity (Wildman–Crippen MR) is 30.0 cm³/mol. The molecule has 0 saturated heterocycles. The lowest BCUT2D eigenvalue weighted by molar-refractivity contribution is 0.119. The molecule has 1 nitrogen and oxygen atoms in total. The number of halogens is 2. The Balaban J connectivity index is 3.29. The van der Waals surface area contributed by atoms with Crippen LogP contribution in [0, 0.1) is 17.2 Å². The molecule has 0 aromatic heterocycles. The van der Waals surface area contributed by atoms with Gasteiger partial charge in [-0.05, 0) is 5.92 Å². The molecule has 0 spiro atoms. The second-order valence-electron chi connectivity index (χ2n) is 2.09. The Hall–Kier alpha value is -0.650. The third-order valence-corrected chi connectivity index (χ3v) is 1.02. The van der Waals surface area contributed by atoms with Crippen molar-refractivity contribution in [2.45, 2.75) is 26.2 Å². The van der Waals surface area contributed by atoms with Crippen LogP contribution >= 0.6 is 0 Å². The number of hydrogen-bond donors (Lipinski definition) is 0. The van der Waals surface area contributed by atoms with E-state index in [0.717, 1.165) is 0 Å². The largest absolute Gasteiger partial charge is 0.238 e. The van der Waals surface area contributed by atoms with Gasteiger partial charge in [-0.25, -0.2) is 8.78 Å². The average Bonchev–Trinajstić information content (AvgIpc) is 1.63. The molecular formula is C6H9F2N. The summed E-state index contributed by atoms with van der Waals surface area (Å²) in [6, 6.07) is 1.84. The number of hydrogen-bond acceptors (Lipinski definition) is 1. The van der Waals surface area contributed by atoms with Gasteiger partial charge in [-0.3, -0.25) is 0 Å². The van der Waals surface area contributed by atoms with Crippen molar-refractivity contribution in [3.63, 3.8) is 0 Å². The van der Waals surface area contributed by atoms with Crippen LogP contribution in [0.2, 0.25) is 0 Å². The van der Waals surface area contributed by atoms with E-state index >= 15 is 0 Å². The fourth-order valence-electron chi connectivity index (χ4n) is 0.543. The zero-order valence-electron chi connectivity index (χ0n) is 5.27. The molecule has 9 heavy (non-hydrogen) atoms. The van der Waals surface area contributed by atoms with Crippen molar-refractivity contribution in [1.82, 2.24) is 0 Å². The lowest BCUT2D eigenvalue weighted by Crippen LogP contribution is -2.00. The first-order chi connectivity index (χ1) is 4.16. The van der Waals surface area contributed by atoms with Crippen molar-refractivity contribution in [2.24, 2.45) is 5.92 Å². The van der Waals surface area contributed by atoms with Gasteiger partial charge in [0.1, 0.15) is 0 Å². The fraction of sp³-hybridized carbons (Fsp3) is 0.833. The van der Waals surface area contributed by atoms with Gasteiger partial charge in [-0.15, -0.1) is 0 Å². The summed E-state index contributed by atoms with van der Waals surface area (Å²) in [5.41, 5.74) is 0. The Morgan fingerprint density at radius 3 is 2.44 bits per heavy atom. The van der Waals surface area contributed by atoms with Crippen molar-refractivity contribution in [3.8, 4) is 6.07 Å². The molecule has 52 valence electrons. The molecule has 0 heterocycles. The molecule has 0 aliphatic rings. The summed E-state index contributed by atoms with van der Waals surface area (Å²) in [5.74, 6) is -0.171. The van der Waals surface area contributed by atoms with E-state index in [1.807, 2.05) is 6.07 Å². The van der Waals surface area contributed by atoms with Crippen LogP contribution in [0.25, 0.3) is 0 Å². The van der Waals surface area contributed by atoms with E-state index in [9.17, 15) is 8.78 Å². The van der Waals surface area contributed by atoms with Gasteiger partial charge < -0.3 is 0 Å². The molecule has 0 rings (SSSR count). The zero-order chi connectivity index (χ0) is 7.28. The monoisotopic (exact) mass is 133 g/mol. The summed E-state index contributed by atoms with van der Waals surface area (Å²) < 4.78 is 23.0. The minimum Gasteiger partial charge on any atom is -0.211 e. The van der Waals surface area contributed by atoms with Crippen molar-refractivity contribution in [3.05, 3.63) is 0 Å². The number of alkyl halides is 2. The molecule has 0 amide bonds. The minimum atomic E-state index is -2.27. The molecule has 1 atom stereocenters. The molecule has 0 aromatic carbocycles. The van der Waals surface area contributed by atoms with Crippen LogP contribution in [0.5, 0.6) is 0 Å². The molecular weight excluding hydrogens is 124 g/mol. The fourth-order valence-corrected chi connectivity index (χ4v) is 0.543. The van der Waals surface area contributed by atoms with E-state index in [2.05, 4.69) is 0 Å². The first kappa shape index (κ1) is 8.35. The van der Waals surface area contributed by atoms with Crippen LogP contribution in [0.4, 0.5) is 8.78 Å². The van der Waals surface area contributed by atoms with Gasteiger partial charge in [-0.1, -0.05) is 6.92 Å². The van der Waals surface area contributed by atoms with Gasteiger partial charge in [0.25, 0.3) is 0 Å². The lowest BCUT2D eigenvalue weighted by Gasteiger charge is -2.03. The molecule has 0 saturated carbocycles. The molecule has 0 bridgehead atoms. The maximum atomic E-state index is 11.5. The van der Waals surface area contributed by atoms with Crippen LogP contribution in [0.3, 0.4) is 0 Å². The van der Waals surface area contributed by atoms with E-state index in [1.54, 1.807) is 6.92 Å². The summed E-state index contributed by atoms with van der Waals surface area (Å²) in [7, 11) is 0. The lowest BCUT2D eigenvalue weighted by atomic mass is 10.1. The van der Waals surface area contributed by atoms with Crippen LogP contribution in [-0.2, 0) is 0 Å². The summed E-state index contributed by atoms with van der Waals surface area (Å²) in [5, 5.41) is 8.05. The van der Waals surface area contributed by atoms with E-state index in [1.165, 1.54) is 0 Å². The molecule has 0 radical (unpaired) electrons. The topological polar surface area (TPSA) is 23.8 Å². The highest BCUT2D eigenvalue weighted by Crippen LogP contribution is 2.12. The van der Waals surface area contributed by atoms with Gasteiger partial charge in [0.2, 0.25) is 6.43 Å². The van der Waals surface area contributed by atoms with Crippen molar-refractivity contribution >= 4 is 0 Å². The summed E-state index contributed by atoms with van der Waals surface area (Å²) >= 11 is 0. The van der Waals surface area contributed by atoms with Crippen molar-refractivity contribution in [2.75, 3.05) is 0 Å². The van der Waals surface area contributed by atoms with E-state index in [4.69, 9.17) is 5.26 Å². The van der Waals surface area contributed by atoms with E-state index in [-0.39, 0.29) is 18.8 Å². The Morgan fingerprint density at radius 2 is 2.11 bits per heavy atom. The molecule has 3 heteroatoms. The number of rotatable bonds is 3. The predicted octanol–water partition coefficient (Wildman–Crippen LogP) is 2.19. The van der Waals surface area contributed by atoms with Gasteiger partial charge >= 0.3 is 0 Å². The highest BCUT2D eigenvalue weighted by atomic mass is 19.3. The Kier molecular flexibility index (Phi) is 3.94. The number of nitriles is 1. The van der Waals surface area contributed by atoms with Crippen LogP contribution < -0.4 is 0 Å². The summed E-state index contributed by atoms with van der Waals surface area (Å²) in [6.45, 7) is 1.65. The van der Waals surface area contributed by atoms with Gasteiger partial charge in [0.05, 0.1) is 6.07 Å². The molecule has 0 aromatic rings. The average molecular weight is 133 g/mol. The normalized spacial score (nSPS) is 13.2. The van der Waals surface area contributed by atoms with Crippen molar-refractivity contribution in [1.29, 1.82) is 5.26 Å². The van der Waals surface area contributed by atoms with Crippen LogP contribution in [0.1, 0.15) is 19.8 Å². The van der Waals surface area contributed by atoms with Crippen LogP contribution in [0.15, 0.2) is 0 Å². The van der Waals surface area contributed by atoms with Gasteiger partial charge in [0, 0.05) is 12.8 Å². The van der Waals surface area contributed by atoms with Gasteiger partial charge in [0.15, 0.2) is 0 Å². The third-order valence-electron chi connectivity index (χ3n) is 1.02. The highest BCUT2D eigenvalue weighted by Gasteiger charge is 2.08. The first-order valence-electron chi connectivity index (χ1n) is 2.82. The Labute approximate surface area is 53.3 Å². The quantitative estimate of drug-likeness (QED) is 0.578. The SMILES string of the molecule is CC(CC#N)CC(F)F. The smallest absolute Gasteiger partial charge is 0.211 e. The van der Waals surface area contributed by atoms with Crippen molar-refractivity contribution < 1.29 is 8.78 Å². The minimum absolute atomic E-state index is 0.159. The Morgan fingerprint density at radius 1 is 1.56 bits per heavy atom. The maximum absolute atomic E-state index is 11.5. The second kappa shape index (κ2) is 4.25. The standard InChI is InChI=1S/C6H9F2N/c1-5(2-3-9)4-6(7)8/h5-6H,2,4H2,1H3. The zero-order valence-corrected chi connectivity index (χ0v) is 5.27. The number of nitrogens with zero attached hydrogens (tertiary/aromatic N) is 1.